The fourth-order valence-electron chi connectivity index (χ4n) is 3.09. The summed E-state index contributed by atoms with van der Waals surface area (Å²) in [5.74, 6) is -2.39. The average Bonchev–Trinajstić information content (AvgIpc) is 2.67. The van der Waals surface area contributed by atoms with Crippen molar-refractivity contribution in [3.8, 4) is 5.75 Å². The Morgan fingerprint density at radius 1 is 1.10 bits per heavy atom. The number of hydrogen-bond donors (Lipinski definition) is 0. The zero-order chi connectivity index (χ0) is 22.8. The molecule has 0 atom stereocenters. The standard InChI is InChI=1S/C23H23ClF3NO3/c1-23(2,3)31-22(29)28-8-6-14(7-9-28)17-11-21(20(27)12-19(17)26)30-13-15-4-5-16(24)10-18(15)25/h4-6,10-12H,7-9,13H2,1-3H3. The van der Waals surface area contributed by atoms with E-state index in [1.165, 1.54) is 23.1 Å². The Morgan fingerprint density at radius 2 is 1.84 bits per heavy atom. The SMILES string of the molecule is CC(C)(C)OC(=O)N1CC=C(c2cc(OCc3ccc(Cl)cc3F)c(F)cc2F)CC1. The number of ether oxygens (including phenoxy) is 2. The van der Waals surface area contributed by atoms with Crippen LogP contribution in [0.2, 0.25) is 5.02 Å². The predicted molar refractivity (Wildman–Crippen MR) is 113 cm³/mol. The summed E-state index contributed by atoms with van der Waals surface area (Å²) in [5.41, 5.74) is 0.385. The summed E-state index contributed by atoms with van der Waals surface area (Å²) in [6, 6.07) is 6.07. The smallest absolute Gasteiger partial charge is 0.410 e. The van der Waals surface area contributed by atoms with Gasteiger partial charge < -0.3 is 14.4 Å². The molecule has 0 saturated carbocycles. The molecule has 8 heteroatoms. The molecule has 2 aromatic rings. The van der Waals surface area contributed by atoms with Gasteiger partial charge in [-0.05, 0) is 51.0 Å². The number of carbonyl (C=O) groups is 1. The Bertz CT molecular complexity index is 1020. The second-order valence-corrected chi connectivity index (χ2v) is 8.63. The largest absolute Gasteiger partial charge is 0.486 e. The van der Waals surface area contributed by atoms with Gasteiger partial charge in [0.1, 0.15) is 23.8 Å². The first-order valence-electron chi connectivity index (χ1n) is 9.76. The highest BCUT2D eigenvalue weighted by atomic mass is 35.5. The van der Waals surface area contributed by atoms with Crippen molar-refractivity contribution < 1.29 is 27.4 Å². The highest BCUT2D eigenvalue weighted by Crippen LogP contribution is 2.31. The van der Waals surface area contributed by atoms with Crippen LogP contribution in [0.15, 0.2) is 36.4 Å². The lowest BCUT2D eigenvalue weighted by Crippen LogP contribution is -2.39. The van der Waals surface area contributed by atoms with E-state index in [0.29, 0.717) is 18.5 Å². The minimum absolute atomic E-state index is 0.178. The molecule has 0 N–H and O–H groups in total. The van der Waals surface area contributed by atoms with Crippen molar-refractivity contribution in [1.82, 2.24) is 4.90 Å². The van der Waals surface area contributed by atoms with E-state index in [-0.39, 0.29) is 35.1 Å². The molecule has 2 aromatic carbocycles. The van der Waals surface area contributed by atoms with Gasteiger partial charge >= 0.3 is 6.09 Å². The summed E-state index contributed by atoms with van der Waals surface area (Å²) < 4.78 is 53.3. The van der Waals surface area contributed by atoms with Gasteiger partial charge in [0.2, 0.25) is 0 Å². The van der Waals surface area contributed by atoms with Crippen LogP contribution in [0.4, 0.5) is 18.0 Å². The van der Waals surface area contributed by atoms with Gasteiger partial charge in [0.15, 0.2) is 11.6 Å². The lowest BCUT2D eigenvalue weighted by Gasteiger charge is -2.29. The minimum atomic E-state index is -0.887. The monoisotopic (exact) mass is 453 g/mol. The number of carbonyl (C=O) groups excluding carboxylic acids is 1. The molecule has 0 bridgehead atoms. The van der Waals surface area contributed by atoms with Gasteiger partial charge in [0, 0.05) is 35.3 Å². The van der Waals surface area contributed by atoms with Crippen LogP contribution in [0.1, 0.15) is 38.3 Å². The molecule has 166 valence electrons. The second-order valence-electron chi connectivity index (χ2n) is 8.19. The lowest BCUT2D eigenvalue weighted by atomic mass is 9.98. The molecule has 3 rings (SSSR count). The Morgan fingerprint density at radius 3 is 2.45 bits per heavy atom. The quantitative estimate of drug-likeness (QED) is 0.540. The van der Waals surface area contributed by atoms with Crippen LogP contribution >= 0.6 is 11.6 Å². The molecule has 1 amide bonds. The number of benzene rings is 2. The third-order valence-corrected chi connectivity index (χ3v) is 4.86. The highest BCUT2D eigenvalue weighted by Gasteiger charge is 2.25. The van der Waals surface area contributed by atoms with Gasteiger partial charge in [-0.3, -0.25) is 0 Å². The predicted octanol–water partition coefficient (Wildman–Crippen LogP) is 6.36. The molecule has 31 heavy (non-hydrogen) atoms. The molecule has 0 aromatic heterocycles. The van der Waals surface area contributed by atoms with Crippen LogP contribution in [-0.4, -0.2) is 29.7 Å². The molecule has 0 saturated heterocycles. The number of nitrogens with zero attached hydrogens (tertiary/aromatic N) is 1. The van der Waals surface area contributed by atoms with Gasteiger partial charge in [-0.2, -0.15) is 0 Å². The summed E-state index contributed by atoms with van der Waals surface area (Å²) >= 11 is 5.72. The zero-order valence-electron chi connectivity index (χ0n) is 17.5. The summed E-state index contributed by atoms with van der Waals surface area (Å²) in [6.07, 6.45) is 1.62. The second kappa shape index (κ2) is 9.22. The first kappa shape index (κ1) is 23.0. The maximum absolute atomic E-state index is 14.4. The molecular weight excluding hydrogens is 431 g/mol. The Kier molecular flexibility index (Phi) is 6.84. The van der Waals surface area contributed by atoms with Gasteiger partial charge in [0.05, 0.1) is 0 Å². The van der Waals surface area contributed by atoms with Crippen LogP contribution in [0, 0.1) is 17.5 Å². The molecular formula is C23H23ClF3NO3. The van der Waals surface area contributed by atoms with E-state index in [4.69, 9.17) is 21.1 Å². The van der Waals surface area contributed by atoms with Crippen LogP contribution in [-0.2, 0) is 11.3 Å². The van der Waals surface area contributed by atoms with Gasteiger partial charge in [-0.25, -0.2) is 18.0 Å². The third-order valence-electron chi connectivity index (χ3n) is 4.63. The van der Waals surface area contributed by atoms with Crippen molar-refractivity contribution in [3.63, 3.8) is 0 Å². The van der Waals surface area contributed by atoms with Crippen molar-refractivity contribution in [2.24, 2.45) is 0 Å². The van der Waals surface area contributed by atoms with E-state index in [2.05, 4.69) is 0 Å². The van der Waals surface area contributed by atoms with Crippen molar-refractivity contribution in [3.05, 3.63) is 70.0 Å². The Hall–Kier alpha value is -2.67. The van der Waals surface area contributed by atoms with Gasteiger partial charge in [-0.1, -0.05) is 23.7 Å². The van der Waals surface area contributed by atoms with Crippen LogP contribution < -0.4 is 4.74 Å². The number of amides is 1. The molecule has 0 unspecified atom stereocenters. The fraction of sp³-hybridized carbons (Fsp3) is 0.348. The third kappa shape index (κ3) is 5.94. The van der Waals surface area contributed by atoms with E-state index < -0.39 is 29.1 Å². The summed E-state index contributed by atoms with van der Waals surface area (Å²) in [6.45, 7) is 5.68. The van der Waals surface area contributed by atoms with Crippen molar-refractivity contribution in [1.29, 1.82) is 0 Å². The molecule has 1 aliphatic rings. The normalized spacial score (nSPS) is 14.3. The van der Waals surface area contributed by atoms with Gasteiger partial charge in [0.25, 0.3) is 0 Å². The first-order valence-corrected chi connectivity index (χ1v) is 10.1. The number of rotatable bonds is 4. The van der Waals surface area contributed by atoms with E-state index in [0.717, 1.165) is 12.1 Å². The summed E-state index contributed by atoms with van der Waals surface area (Å²) in [5, 5.41) is 0.237. The molecule has 0 aliphatic carbocycles. The zero-order valence-corrected chi connectivity index (χ0v) is 18.2. The number of halogens is 4. The van der Waals surface area contributed by atoms with E-state index >= 15 is 0 Å². The van der Waals surface area contributed by atoms with E-state index in [1.807, 2.05) is 0 Å². The van der Waals surface area contributed by atoms with Gasteiger partial charge in [-0.15, -0.1) is 0 Å². The molecule has 1 aliphatic heterocycles. The average molecular weight is 454 g/mol. The Labute approximate surface area is 184 Å². The van der Waals surface area contributed by atoms with Crippen LogP contribution in [0.5, 0.6) is 5.75 Å². The maximum atomic E-state index is 14.4. The minimum Gasteiger partial charge on any atom is -0.486 e. The van der Waals surface area contributed by atoms with Crippen molar-refractivity contribution in [2.75, 3.05) is 13.1 Å². The molecule has 4 nitrogen and oxygen atoms in total. The fourth-order valence-corrected chi connectivity index (χ4v) is 3.24. The first-order chi connectivity index (χ1) is 14.5. The molecule has 0 spiro atoms. The van der Waals surface area contributed by atoms with Crippen LogP contribution in [0.3, 0.4) is 0 Å². The summed E-state index contributed by atoms with van der Waals surface area (Å²) in [7, 11) is 0. The molecule has 0 fully saturated rings. The van der Waals surface area contributed by atoms with E-state index in [9.17, 15) is 18.0 Å². The Balaban J connectivity index is 1.74. The topological polar surface area (TPSA) is 38.8 Å². The van der Waals surface area contributed by atoms with E-state index in [1.54, 1.807) is 26.8 Å². The summed E-state index contributed by atoms with van der Waals surface area (Å²) in [4.78, 5) is 13.7. The molecule has 0 radical (unpaired) electrons. The van der Waals surface area contributed by atoms with Crippen LogP contribution in [0.25, 0.3) is 5.57 Å². The lowest BCUT2D eigenvalue weighted by molar-refractivity contribution is 0.0270. The van der Waals surface area contributed by atoms with Crippen molar-refractivity contribution >= 4 is 23.3 Å². The molecule has 1 heterocycles. The number of hydrogen-bond acceptors (Lipinski definition) is 3. The maximum Gasteiger partial charge on any atom is 0.410 e. The highest BCUT2D eigenvalue weighted by molar-refractivity contribution is 6.30. The van der Waals surface area contributed by atoms with Crippen molar-refractivity contribution in [2.45, 2.75) is 39.4 Å².